The number of ether oxygens (including phenoxy) is 1. The van der Waals surface area contributed by atoms with Crippen LogP contribution in [0.15, 0.2) is 135 Å². The molecule has 326 valence electrons. The number of benzene rings is 4. The van der Waals surface area contributed by atoms with Crippen LogP contribution < -0.4 is 26.5 Å². The number of para-hydroxylation sites is 1. The number of nitrogens with zero attached hydrogens (tertiary/aromatic N) is 2. The summed E-state index contributed by atoms with van der Waals surface area (Å²) in [5, 5.41) is 24.7. The Balaban J connectivity index is 0.000000264. The van der Waals surface area contributed by atoms with E-state index in [1.807, 2.05) is 44.2 Å². The lowest BCUT2D eigenvalue weighted by molar-refractivity contribution is -0.274. The van der Waals surface area contributed by atoms with E-state index in [0.29, 0.717) is 59.0 Å². The fourth-order valence-corrected chi connectivity index (χ4v) is 6.94. The first-order valence-corrected chi connectivity index (χ1v) is 20.6. The van der Waals surface area contributed by atoms with Gasteiger partial charge >= 0.3 is 18.3 Å². The fraction of sp³-hybridized carbons (Fsp3) is 0.200. The quantitative estimate of drug-likeness (QED) is 0.0788. The van der Waals surface area contributed by atoms with Crippen LogP contribution in [0.4, 0.5) is 24.5 Å². The smallest absolute Gasteiger partial charge is 0.478 e. The van der Waals surface area contributed by atoms with Crippen molar-refractivity contribution in [2.24, 2.45) is 0 Å². The van der Waals surface area contributed by atoms with Crippen molar-refractivity contribution in [3.05, 3.63) is 190 Å². The molecule has 4 aromatic carbocycles. The van der Waals surface area contributed by atoms with Crippen LogP contribution in [0.3, 0.4) is 0 Å². The lowest BCUT2D eigenvalue weighted by Crippen LogP contribution is -2.26. The van der Waals surface area contributed by atoms with Crippen molar-refractivity contribution in [2.75, 3.05) is 10.6 Å². The molecule has 0 aliphatic heterocycles. The number of carboxylic acid groups (broad SMARTS) is 2. The maximum absolute atomic E-state index is 12.6. The Hall–Kier alpha value is -6.03. The van der Waals surface area contributed by atoms with E-state index >= 15 is 0 Å². The molecule has 0 saturated carbocycles. The van der Waals surface area contributed by atoms with Gasteiger partial charge in [-0.1, -0.05) is 85.6 Å². The summed E-state index contributed by atoms with van der Waals surface area (Å²) in [6.45, 7) is 5.24. The van der Waals surface area contributed by atoms with Crippen LogP contribution in [0.25, 0.3) is 0 Å². The van der Waals surface area contributed by atoms with Gasteiger partial charge in [0.05, 0.1) is 40.6 Å². The van der Waals surface area contributed by atoms with Crippen LogP contribution in [-0.4, -0.2) is 37.6 Å². The molecule has 17 heteroatoms. The van der Waals surface area contributed by atoms with E-state index in [0.717, 1.165) is 16.8 Å². The van der Waals surface area contributed by atoms with E-state index in [4.69, 9.17) is 33.4 Å². The molecule has 2 heterocycles. The highest BCUT2D eigenvalue weighted by Crippen LogP contribution is 2.26. The zero-order chi connectivity index (χ0) is 45.4. The van der Waals surface area contributed by atoms with Crippen molar-refractivity contribution < 1.29 is 37.7 Å². The second-order valence-electron chi connectivity index (χ2n) is 13.0. The first kappa shape index (κ1) is 48.6. The number of aromatic carboxylic acids is 2. The number of aryl methyl sites for hydroxylation is 2. The molecule has 0 bridgehead atoms. The van der Waals surface area contributed by atoms with Crippen LogP contribution in [-0.2, 0) is 39.0 Å². The number of halogens is 6. The molecule has 0 aliphatic rings. The minimum atomic E-state index is -4.79. The Bertz CT molecular complexity index is 2550. The lowest BCUT2D eigenvalue weighted by Gasteiger charge is -2.16. The number of rotatable bonds is 15. The number of hydrogen-bond donors (Lipinski definition) is 4. The van der Waals surface area contributed by atoms with Gasteiger partial charge in [0, 0.05) is 41.1 Å². The highest BCUT2D eigenvalue weighted by molar-refractivity contribution is 9.10. The average molecular weight is 959 g/mol. The largest absolute Gasteiger partial charge is 0.573 e. The third kappa shape index (κ3) is 14.6. The number of anilines is 2. The molecule has 0 atom stereocenters. The van der Waals surface area contributed by atoms with Crippen LogP contribution >= 0.6 is 39.1 Å². The highest BCUT2D eigenvalue weighted by atomic mass is 79.9. The highest BCUT2D eigenvalue weighted by Gasteiger charge is 2.31. The first-order valence-electron chi connectivity index (χ1n) is 19.1. The SMILES string of the molecule is CC.O=C(O)c1ccc(CCn2c(CNc3cccc(OC(F)(F)F)c3)c(Br)ccc2=O)cc1.O=C(O)c1ccc(CCn2c(CNc3ccccc3)c(Cl)cc(Cl)c2=O)cc1. The molecular weight excluding hydrogens is 916 g/mol. The Morgan fingerprint density at radius 2 is 1.18 bits per heavy atom. The third-order valence-electron chi connectivity index (χ3n) is 8.96. The molecule has 4 N–H and O–H groups in total. The Kier molecular flexibility index (Phi) is 18.2. The van der Waals surface area contributed by atoms with E-state index in [2.05, 4.69) is 31.3 Å². The number of hydrogen-bond acceptors (Lipinski definition) is 7. The van der Waals surface area contributed by atoms with Crippen molar-refractivity contribution in [3.63, 3.8) is 0 Å². The van der Waals surface area contributed by atoms with E-state index in [-0.39, 0.29) is 39.6 Å². The molecule has 6 aromatic rings. The Labute approximate surface area is 373 Å². The Morgan fingerprint density at radius 1 is 0.661 bits per heavy atom. The van der Waals surface area contributed by atoms with Crippen LogP contribution in [0.1, 0.15) is 57.1 Å². The summed E-state index contributed by atoms with van der Waals surface area (Å²) >= 11 is 15.8. The fourth-order valence-electron chi connectivity index (χ4n) is 5.91. The molecule has 0 spiro atoms. The van der Waals surface area contributed by atoms with Crippen molar-refractivity contribution >= 4 is 62.4 Å². The lowest BCUT2D eigenvalue weighted by atomic mass is 10.1. The summed E-state index contributed by atoms with van der Waals surface area (Å²) in [6.07, 6.45) is -3.77. The minimum absolute atomic E-state index is 0.0645. The molecule has 11 nitrogen and oxygen atoms in total. The van der Waals surface area contributed by atoms with Crippen molar-refractivity contribution in [2.45, 2.75) is 59.2 Å². The van der Waals surface area contributed by atoms with Gasteiger partial charge in [-0.3, -0.25) is 9.59 Å². The van der Waals surface area contributed by atoms with Crippen molar-refractivity contribution in [3.8, 4) is 5.75 Å². The van der Waals surface area contributed by atoms with Crippen LogP contribution in [0, 0.1) is 0 Å². The predicted molar refractivity (Wildman–Crippen MR) is 239 cm³/mol. The van der Waals surface area contributed by atoms with Gasteiger partial charge in [0.1, 0.15) is 10.8 Å². The van der Waals surface area contributed by atoms with Crippen LogP contribution in [0.5, 0.6) is 5.75 Å². The minimum Gasteiger partial charge on any atom is -0.478 e. The second-order valence-corrected chi connectivity index (χ2v) is 14.7. The molecule has 2 aromatic heterocycles. The maximum atomic E-state index is 12.6. The number of carbonyl (C=O) groups is 2. The number of pyridine rings is 2. The van der Waals surface area contributed by atoms with Gasteiger partial charge < -0.3 is 34.7 Å². The number of nitrogens with one attached hydrogen (secondary N) is 2. The van der Waals surface area contributed by atoms with Crippen molar-refractivity contribution in [1.29, 1.82) is 0 Å². The first-order chi connectivity index (χ1) is 29.6. The zero-order valence-electron chi connectivity index (χ0n) is 33.4. The number of carboxylic acids is 2. The summed E-state index contributed by atoms with van der Waals surface area (Å²) in [5.41, 5.74) is 4.19. The summed E-state index contributed by atoms with van der Waals surface area (Å²) in [5.74, 6) is -2.34. The molecule has 0 unspecified atom stereocenters. The summed E-state index contributed by atoms with van der Waals surface area (Å²) in [7, 11) is 0. The third-order valence-corrected chi connectivity index (χ3v) is 10.3. The zero-order valence-corrected chi connectivity index (χ0v) is 36.5. The predicted octanol–water partition coefficient (Wildman–Crippen LogP) is 10.8. The molecule has 0 radical (unpaired) electrons. The molecule has 6 rings (SSSR count). The molecule has 0 saturated heterocycles. The van der Waals surface area contributed by atoms with Gasteiger partial charge in [0.25, 0.3) is 11.1 Å². The van der Waals surface area contributed by atoms with Crippen LogP contribution in [0.2, 0.25) is 10.0 Å². The van der Waals surface area contributed by atoms with Gasteiger partial charge in [0.2, 0.25) is 0 Å². The van der Waals surface area contributed by atoms with Gasteiger partial charge in [-0.25, -0.2) is 9.59 Å². The standard InChI is InChI=1S/C22H18BrF3N2O4.C21H18Cl2N2O3.C2H6/c23-18-8-9-20(29)28(11-10-14-4-6-15(7-5-14)21(30)31)19(18)13-27-16-2-1-3-17(12-16)32-22(24,25)26;22-17-12-18(23)20(26)25(19(17)13-24-16-4-2-1-3-5-16)11-10-14-6-8-15(9-7-14)21(27)28;1-2/h1-9,12,27H,10-11,13H2,(H,30,31);1-9,12,24H,10-11,13H2,(H,27,28);1-2H3. The van der Waals surface area contributed by atoms with E-state index in [1.165, 1.54) is 42.5 Å². The molecule has 62 heavy (non-hydrogen) atoms. The summed E-state index contributed by atoms with van der Waals surface area (Å²) < 4.78 is 45.0. The monoisotopic (exact) mass is 956 g/mol. The second kappa shape index (κ2) is 23.3. The molecule has 0 amide bonds. The average Bonchev–Trinajstić information content (AvgIpc) is 3.25. The van der Waals surface area contributed by atoms with Crippen molar-refractivity contribution in [1.82, 2.24) is 9.13 Å². The maximum Gasteiger partial charge on any atom is 0.573 e. The molecule has 0 fully saturated rings. The van der Waals surface area contributed by atoms with Gasteiger partial charge in [0.15, 0.2) is 0 Å². The van der Waals surface area contributed by atoms with E-state index in [1.54, 1.807) is 57.7 Å². The van der Waals surface area contributed by atoms with Gasteiger partial charge in [-0.15, -0.1) is 13.2 Å². The van der Waals surface area contributed by atoms with Gasteiger partial charge in [-0.05, 0) is 101 Å². The molecular formula is C45H42BrCl2F3N4O7. The van der Waals surface area contributed by atoms with Gasteiger partial charge in [-0.2, -0.15) is 0 Å². The molecule has 0 aliphatic carbocycles. The normalized spacial score (nSPS) is 10.7. The summed E-state index contributed by atoms with van der Waals surface area (Å²) in [4.78, 5) is 47.0. The number of aromatic nitrogens is 2. The number of alkyl halides is 3. The van der Waals surface area contributed by atoms with E-state index < -0.39 is 18.3 Å². The topological polar surface area (TPSA) is 152 Å². The van der Waals surface area contributed by atoms with E-state index in [9.17, 15) is 32.3 Å². The Morgan fingerprint density at radius 3 is 1.73 bits per heavy atom. The summed E-state index contributed by atoms with van der Waals surface area (Å²) in [6, 6.07) is 32.5.